The number of hydrogen-bond donors (Lipinski definition) is 1. The van der Waals surface area contributed by atoms with Gasteiger partial charge in [0.2, 0.25) is 0 Å². The number of carbonyl (C=O) groups is 1. The molecule has 29 heavy (non-hydrogen) atoms. The molecule has 0 saturated carbocycles. The van der Waals surface area contributed by atoms with Crippen LogP contribution in [0.5, 0.6) is 5.75 Å². The number of aryl methyl sites for hydroxylation is 1. The minimum absolute atomic E-state index is 0.0217. The molecule has 3 nitrogen and oxygen atoms in total. The predicted molar refractivity (Wildman–Crippen MR) is 117 cm³/mol. The van der Waals surface area contributed by atoms with Crippen LogP contribution in [0.4, 0.5) is 0 Å². The number of carbonyl (C=O) groups excluding carboxylic acids is 1. The molecule has 0 unspecified atom stereocenters. The Balaban J connectivity index is 2.81. The summed E-state index contributed by atoms with van der Waals surface area (Å²) < 4.78 is 5.11. The third-order valence-corrected chi connectivity index (χ3v) is 4.12. The zero-order chi connectivity index (χ0) is 22.1. The van der Waals surface area contributed by atoms with Crippen LogP contribution in [0.2, 0.25) is 0 Å². The Morgan fingerprint density at radius 2 is 1.48 bits per heavy atom. The van der Waals surface area contributed by atoms with Crippen LogP contribution in [-0.2, 0) is 26.8 Å². The van der Waals surface area contributed by atoms with E-state index in [2.05, 4.69) is 83.0 Å². The average Bonchev–Trinajstić information content (AvgIpc) is 2.61. The highest BCUT2D eigenvalue weighted by Gasteiger charge is 2.26. The number of benzene rings is 1. The summed E-state index contributed by atoms with van der Waals surface area (Å²) in [6.45, 7) is 12.3. The Hall–Kier alpha value is -3.27. The SMILES string of the molecule is C#CC#CC#CC#CCOC(=O)CCc1cc(C(C)(C)C)c(O)c(C(C)(C)C)c1. The minimum atomic E-state index is -0.331. The Bertz CT molecular complexity index is 938. The van der Waals surface area contributed by atoms with Crippen molar-refractivity contribution in [3.63, 3.8) is 0 Å². The van der Waals surface area contributed by atoms with E-state index < -0.39 is 0 Å². The summed E-state index contributed by atoms with van der Waals surface area (Å²) in [4.78, 5) is 12.0. The summed E-state index contributed by atoms with van der Waals surface area (Å²) in [5, 5.41) is 10.8. The number of aromatic hydroxyl groups is 1. The van der Waals surface area contributed by atoms with Gasteiger partial charge in [-0.1, -0.05) is 53.7 Å². The van der Waals surface area contributed by atoms with Gasteiger partial charge in [0, 0.05) is 6.42 Å². The van der Waals surface area contributed by atoms with E-state index in [4.69, 9.17) is 11.2 Å². The van der Waals surface area contributed by atoms with E-state index in [1.54, 1.807) is 0 Å². The molecule has 0 aliphatic rings. The molecule has 3 heteroatoms. The highest BCUT2D eigenvalue weighted by atomic mass is 16.5. The molecular formula is C26H28O3. The van der Waals surface area contributed by atoms with E-state index in [-0.39, 0.29) is 29.8 Å². The van der Waals surface area contributed by atoms with E-state index in [1.807, 2.05) is 12.1 Å². The topological polar surface area (TPSA) is 46.5 Å². The second kappa shape index (κ2) is 10.3. The fourth-order valence-electron chi connectivity index (χ4n) is 2.63. The monoisotopic (exact) mass is 388 g/mol. The number of phenols is 1. The van der Waals surface area contributed by atoms with Crippen molar-refractivity contribution >= 4 is 5.97 Å². The fraction of sp³-hybridized carbons (Fsp3) is 0.423. The van der Waals surface area contributed by atoms with Crippen molar-refractivity contribution < 1.29 is 14.6 Å². The van der Waals surface area contributed by atoms with Gasteiger partial charge in [-0.05, 0) is 75.4 Å². The Labute approximate surface area is 175 Å². The Morgan fingerprint density at radius 3 is 2.00 bits per heavy atom. The molecular weight excluding hydrogens is 360 g/mol. The van der Waals surface area contributed by atoms with Crippen LogP contribution in [0.1, 0.15) is 64.7 Å². The first-order chi connectivity index (χ1) is 13.5. The minimum Gasteiger partial charge on any atom is -0.507 e. The molecule has 150 valence electrons. The average molecular weight is 389 g/mol. The first-order valence-corrected chi connectivity index (χ1v) is 9.42. The first-order valence-electron chi connectivity index (χ1n) is 9.42. The molecule has 0 aliphatic carbocycles. The molecule has 0 heterocycles. The Kier molecular flexibility index (Phi) is 8.46. The van der Waals surface area contributed by atoms with Gasteiger partial charge in [-0.2, -0.15) is 0 Å². The summed E-state index contributed by atoms with van der Waals surface area (Å²) >= 11 is 0. The van der Waals surface area contributed by atoms with Crippen molar-refractivity contribution in [2.45, 2.75) is 65.2 Å². The summed E-state index contributed by atoms with van der Waals surface area (Å²) in [6, 6.07) is 3.95. The number of rotatable bonds is 4. The second-order valence-corrected chi connectivity index (χ2v) is 8.65. The van der Waals surface area contributed by atoms with Gasteiger partial charge >= 0.3 is 5.97 Å². The number of terminal acetylenes is 1. The molecule has 0 bridgehead atoms. The molecule has 1 aromatic carbocycles. The number of esters is 1. The predicted octanol–water partition coefficient (Wildman–Crippen LogP) is 4.11. The molecule has 1 N–H and O–H groups in total. The van der Waals surface area contributed by atoms with E-state index in [0.29, 0.717) is 12.2 Å². The van der Waals surface area contributed by atoms with Gasteiger partial charge in [0.25, 0.3) is 0 Å². The van der Waals surface area contributed by atoms with Crippen LogP contribution in [0.3, 0.4) is 0 Å². The van der Waals surface area contributed by atoms with Gasteiger partial charge < -0.3 is 9.84 Å². The Morgan fingerprint density at radius 1 is 0.966 bits per heavy atom. The molecule has 0 radical (unpaired) electrons. The third-order valence-electron chi connectivity index (χ3n) is 4.12. The summed E-state index contributed by atoms with van der Waals surface area (Å²) in [6.07, 6.45) is 5.73. The van der Waals surface area contributed by atoms with Crippen LogP contribution in [-0.4, -0.2) is 17.7 Å². The number of phenolic OH excluding ortho intramolecular Hbond substituents is 1. The maximum Gasteiger partial charge on any atom is 0.307 e. The molecule has 0 saturated heterocycles. The van der Waals surface area contributed by atoms with E-state index in [9.17, 15) is 9.90 Å². The van der Waals surface area contributed by atoms with Crippen molar-refractivity contribution in [1.82, 2.24) is 0 Å². The van der Waals surface area contributed by atoms with Crippen LogP contribution in [0, 0.1) is 47.9 Å². The van der Waals surface area contributed by atoms with Crippen LogP contribution in [0.25, 0.3) is 0 Å². The molecule has 0 fully saturated rings. The highest BCUT2D eigenvalue weighted by molar-refractivity contribution is 5.70. The zero-order valence-electron chi connectivity index (χ0n) is 18.1. The van der Waals surface area contributed by atoms with Gasteiger partial charge in [0.05, 0.1) is 0 Å². The first kappa shape index (κ1) is 23.8. The largest absolute Gasteiger partial charge is 0.507 e. The standard InChI is InChI=1S/C26H28O3/c1-8-9-10-11-12-13-14-17-29-23(27)16-15-20-18-21(25(2,3)4)24(28)22(19-20)26(5,6)7/h1,18-19,28H,15-17H2,2-7H3. The number of hydrogen-bond acceptors (Lipinski definition) is 3. The maximum atomic E-state index is 12.0. The highest BCUT2D eigenvalue weighted by Crippen LogP contribution is 2.39. The molecule has 0 atom stereocenters. The molecule has 0 aromatic heterocycles. The van der Waals surface area contributed by atoms with E-state index in [1.165, 1.54) is 0 Å². The van der Waals surface area contributed by atoms with Crippen molar-refractivity contribution in [2.75, 3.05) is 6.61 Å². The zero-order valence-corrected chi connectivity index (χ0v) is 18.1. The molecule has 0 aliphatic heterocycles. The lowest BCUT2D eigenvalue weighted by Crippen LogP contribution is -2.18. The smallest absolute Gasteiger partial charge is 0.307 e. The van der Waals surface area contributed by atoms with Gasteiger partial charge in [0.1, 0.15) is 5.75 Å². The van der Waals surface area contributed by atoms with Crippen molar-refractivity contribution in [3.05, 3.63) is 28.8 Å². The van der Waals surface area contributed by atoms with E-state index >= 15 is 0 Å². The number of ether oxygens (including phenoxy) is 1. The summed E-state index contributed by atoms with van der Waals surface area (Å²) in [7, 11) is 0. The molecule has 1 aromatic rings. The van der Waals surface area contributed by atoms with Gasteiger partial charge in [-0.3, -0.25) is 4.79 Å². The van der Waals surface area contributed by atoms with Gasteiger partial charge in [0.15, 0.2) is 6.61 Å². The fourth-order valence-corrected chi connectivity index (χ4v) is 2.63. The normalized spacial score (nSPS) is 10.2. The molecule has 0 amide bonds. The van der Waals surface area contributed by atoms with Crippen LogP contribution >= 0.6 is 0 Å². The van der Waals surface area contributed by atoms with Crippen LogP contribution in [0.15, 0.2) is 12.1 Å². The lowest BCUT2D eigenvalue weighted by Gasteiger charge is -2.28. The molecule has 0 spiro atoms. The lowest BCUT2D eigenvalue weighted by molar-refractivity contribution is -0.142. The van der Waals surface area contributed by atoms with Crippen molar-refractivity contribution in [2.24, 2.45) is 0 Å². The molecule has 1 rings (SSSR count). The van der Waals surface area contributed by atoms with Gasteiger partial charge in [-0.25, -0.2) is 0 Å². The third kappa shape index (κ3) is 8.09. The van der Waals surface area contributed by atoms with E-state index in [0.717, 1.165) is 16.7 Å². The summed E-state index contributed by atoms with van der Waals surface area (Å²) in [5.41, 5.74) is 2.35. The van der Waals surface area contributed by atoms with Crippen molar-refractivity contribution in [3.8, 4) is 53.6 Å². The summed E-state index contributed by atoms with van der Waals surface area (Å²) in [5.74, 6) is 17.1. The van der Waals surface area contributed by atoms with Crippen LogP contribution < -0.4 is 0 Å². The maximum absolute atomic E-state index is 12.0. The quantitative estimate of drug-likeness (QED) is 0.624. The lowest BCUT2D eigenvalue weighted by atomic mass is 9.78. The van der Waals surface area contributed by atoms with Crippen molar-refractivity contribution in [1.29, 1.82) is 0 Å². The van der Waals surface area contributed by atoms with Gasteiger partial charge in [-0.15, -0.1) is 6.42 Å². The second-order valence-electron chi connectivity index (χ2n) is 8.65.